The number of rotatable bonds is 1. The fourth-order valence-corrected chi connectivity index (χ4v) is 5.43. The Bertz CT molecular complexity index is 1030. The van der Waals surface area contributed by atoms with Gasteiger partial charge in [0.05, 0.1) is 11.1 Å². The SMILES string of the molecule is CC1CCCC2(C)OC2(c2ccc3cccnc3c2)CCNC(=O)CCC(C)(C)C(=O)CC1. The van der Waals surface area contributed by atoms with Crippen LogP contribution in [0.4, 0.5) is 0 Å². The average molecular weight is 451 g/mol. The van der Waals surface area contributed by atoms with Gasteiger partial charge in [0.2, 0.25) is 5.91 Å². The molecule has 0 spiro atoms. The van der Waals surface area contributed by atoms with E-state index in [0.717, 1.165) is 48.6 Å². The number of fused-ring (bicyclic) bond motifs is 2. The number of hydrogen-bond acceptors (Lipinski definition) is 4. The summed E-state index contributed by atoms with van der Waals surface area (Å²) in [5.41, 5.74) is 1.01. The maximum absolute atomic E-state index is 12.7. The molecule has 1 aromatic heterocycles. The third-order valence-corrected chi connectivity index (χ3v) is 8.03. The van der Waals surface area contributed by atoms with Crippen molar-refractivity contribution in [2.75, 3.05) is 6.54 Å². The lowest BCUT2D eigenvalue weighted by molar-refractivity contribution is -0.128. The van der Waals surface area contributed by atoms with Gasteiger partial charge in [0.1, 0.15) is 11.4 Å². The molecule has 3 atom stereocenters. The lowest BCUT2D eigenvalue weighted by Crippen LogP contribution is -2.32. The minimum absolute atomic E-state index is 0.00835. The number of aromatic nitrogens is 1. The minimum Gasteiger partial charge on any atom is -0.358 e. The van der Waals surface area contributed by atoms with Crippen LogP contribution in [0, 0.1) is 11.3 Å². The number of Topliss-reactive ketones (excluding diaryl/α,β-unsaturated/α-hetero) is 1. The molecule has 33 heavy (non-hydrogen) atoms. The van der Waals surface area contributed by atoms with E-state index < -0.39 is 11.0 Å². The predicted molar refractivity (Wildman–Crippen MR) is 131 cm³/mol. The summed E-state index contributed by atoms with van der Waals surface area (Å²) in [7, 11) is 0. The van der Waals surface area contributed by atoms with Gasteiger partial charge in [0, 0.05) is 42.8 Å². The topological polar surface area (TPSA) is 71.6 Å². The molecule has 2 saturated heterocycles. The summed E-state index contributed by atoms with van der Waals surface area (Å²) in [6, 6.07) is 10.5. The number of carbonyl (C=O) groups is 2. The van der Waals surface area contributed by atoms with E-state index in [9.17, 15) is 9.59 Å². The Balaban J connectivity index is 1.55. The molecule has 1 amide bonds. The minimum atomic E-state index is -0.453. The third-order valence-electron chi connectivity index (χ3n) is 8.03. The second-order valence-corrected chi connectivity index (χ2v) is 11.0. The van der Waals surface area contributed by atoms with Gasteiger partial charge in [0.25, 0.3) is 0 Å². The zero-order chi connectivity index (χ0) is 23.7. The average Bonchev–Trinajstić information content (AvgIpc) is 3.39. The van der Waals surface area contributed by atoms with Crippen molar-refractivity contribution in [2.24, 2.45) is 11.3 Å². The standard InChI is InChI=1S/C28H38N2O3/c1-20-7-5-14-27(4)28(33-27,22-11-10-21-8-6-17-29-23(21)19-22)16-18-30-25(32)13-15-26(2,3)24(31)12-9-20/h6,8,10-11,17,19-20H,5,7,9,12-16,18H2,1-4H3,(H,30,32). The maximum atomic E-state index is 12.7. The van der Waals surface area contributed by atoms with Gasteiger partial charge < -0.3 is 10.1 Å². The number of epoxide rings is 1. The lowest BCUT2D eigenvalue weighted by Gasteiger charge is -2.24. The molecule has 0 aliphatic carbocycles. The molecular weight excluding hydrogens is 412 g/mol. The maximum Gasteiger partial charge on any atom is 0.220 e. The summed E-state index contributed by atoms with van der Waals surface area (Å²) >= 11 is 0. The molecule has 5 nitrogen and oxygen atoms in total. The predicted octanol–water partition coefficient (Wildman–Crippen LogP) is 5.70. The normalized spacial score (nSPS) is 31.6. The van der Waals surface area contributed by atoms with Gasteiger partial charge >= 0.3 is 0 Å². The van der Waals surface area contributed by atoms with Crippen LogP contribution < -0.4 is 5.32 Å². The van der Waals surface area contributed by atoms with Crippen LogP contribution in [0.5, 0.6) is 0 Å². The third kappa shape index (κ3) is 4.98. The molecule has 2 fully saturated rings. The van der Waals surface area contributed by atoms with Crippen LogP contribution in [0.15, 0.2) is 36.5 Å². The molecule has 3 unspecified atom stereocenters. The van der Waals surface area contributed by atoms with Crippen LogP contribution in [0.2, 0.25) is 0 Å². The molecular formula is C28H38N2O3. The first kappa shape index (κ1) is 23.9. The van der Waals surface area contributed by atoms with Crippen molar-refractivity contribution in [3.05, 3.63) is 42.1 Å². The van der Waals surface area contributed by atoms with Gasteiger partial charge in [-0.05, 0) is 49.8 Å². The van der Waals surface area contributed by atoms with Crippen molar-refractivity contribution >= 4 is 22.6 Å². The Labute approximate surface area is 197 Å². The zero-order valence-corrected chi connectivity index (χ0v) is 20.6. The van der Waals surface area contributed by atoms with E-state index >= 15 is 0 Å². The quantitative estimate of drug-likeness (QED) is 0.566. The van der Waals surface area contributed by atoms with Crippen molar-refractivity contribution in [1.82, 2.24) is 10.3 Å². The number of ketones is 1. The van der Waals surface area contributed by atoms with E-state index in [1.807, 2.05) is 26.1 Å². The molecule has 0 saturated carbocycles. The fraction of sp³-hybridized carbons (Fsp3) is 0.607. The number of nitrogens with zero attached hydrogens (tertiary/aromatic N) is 1. The molecule has 2 aliphatic rings. The second kappa shape index (κ2) is 9.17. The summed E-state index contributed by atoms with van der Waals surface area (Å²) in [6.45, 7) is 8.96. The van der Waals surface area contributed by atoms with Crippen LogP contribution in [-0.4, -0.2) is 28.8 Å². The molecule has 2 aromatic rings. The van der Waals surface area contributed by atoms with Crippen molar-refractivity contribution in [3.63, 3.8) is 0 Å². The molecule has 178 valence electrons. The fourth-order valence-electron chi connectivity index (χ4n) is 5.43. The van der Waals surface area contributed by atoms with Gasteiger partial charge in [-0.25, -0.2) is 0 Å². The number of ether oxygens (including phenoxy) is 1. The first-order chi connectivity index (χ1) is 15.7. The van der Waals surface area contributed by atoms with Crippen LogP contribution >= 0.6 is 0 Å². The van der Waals surface area contributed by atoms with Gasteiger partial charge in [0.15, 0.2) is 0 Å². The Hall–Kier alpha value is -2.27. The highest BCUT2D eigenvalue weighted by molar-refractivity contribution is 5.85. The van der Waals surface area contributed by atoms with Gasteiger partial charge in [-0.2, -0.15) is 0 Å². The van der Waals surface area contributed by atoms with Crippen LogP contribution in [0.1, 0.15) is 84.6 Å². The molecule has 0 bridgehead atoms. The molecule has 3 heterocycles. The Morgan fingerprint density at radius 3 is 2.67 bits per heavy atom. The highest BCUT2D eigenvalue weighted by atomic mass is 16.6. The van der Waals surface area contributed by atoms with E-state index in [-0.39, 0.29) is 17.3 Å². The number of pyridine rings is 1. The smallest absolute Gasteiger partial charge is 0.220 e. The Kier molecular flexibility index (Phi) is 6.63. The second-order valence-electron chi connectivity index (χ2n) is 11.0. The summed E-state index contributed by atoms with van der Waals surface area (Å²) in [4.78, 5) is 29.8. The van der Waals surface area contributed by atoms with Crippen molar-refractivity contribution in [3.8, 4) is 0 Å². The molecule has 1 aromatic carbocycles. The summed E-state index contributed by atoms with van der Waals surface area (Å²) < 4.78 is 6.54. The molecule has 4 rings (SSSR count). The zero-order valence-electron chi connectivity index (χ0n) is 20.6. The lowest BCUT2D eigenvalue weighted by atomic mass is 9.79. The van der Waals surface area contributed by atoms with Crippen molar-refractivity contribution in [1.29, 1.82) is 0 Å². The monoisotopic (exact) mass is 450 g/mol. The van der Waals surface area contributed by atoms with E-state index in [1.165, 1.54) is 0 Å². The first-order valence-electron chi connectivity index (χ1n) is 12.5. The Morgan fingerprint density at radius 1 is 1.03 bits per heavy atom. The first-order valence-corrected chi connectivity index (χ1v) is 12.5. The molecule has 5 heteroatoms. The molecule has 2 aliphatic heterocycles. The van der Waals surface area contributed by atoms with E-state index in [1.54, 1.807) is 0 Å². The number of benzene rings is 1. The number of hydrogen-bond donors (Lipinski definition) is 1. The van der Waals surface area contributed by atoms with Crippen LogP contribution in [-0.2, 0) is 19.9 Å². The van der Waals surface area contributed by atoms with Gasteiger partial charge in [-0.15, -0.1) is 0 Å². The summed E-state index contributed by atoms with van der Waals surface area (Å²) in [5, 5.41) is 4.20. The number of carbonyl (C=O) groups excluding carboxylic acids is 2. The number of amides is 1. The van der Waals surface area contributed by atoms with Crippen molar-refractivity contribution < 1.29 is 14.3 Å². The molecule has 0 radical (unpaired) electrons. The van der Waals surface area contributed by atoms with Crippen molar-refractivity contribution in [2.45, 2.75) is 90.3 Å². The highest BCUT2D eigenvalue weighted by Crippen LogP contribution is 2.60. The van der Waals surface area contributed by atoms with Crippen LogP contribution in [0.25, 0.3) is 10.9 Å². The summed E-state index contributed by atoms with van der Waals surface area (Å²) in [6.07, 6.45) is 8.14. The molecule has 1 N–H and O–H groups in total. The van der Waals surface area contributed by atoms with Gasteiger partial charge in [-0.1, -0.05) is 51.8 Å². The van der Waals surface area contributed by atoms with Crippen LogP contribution in [0.3, 0.4) is 0 Å². The van der Waals surface area contributed by atoms with Gasteiger partial charge in [-0.3, -0.25) is 14.6 Å². The van der Waals surface area contributed by atoms with E-state index in [2.05, 4.69) is 48.4 Å². The van der Waals surface area contributed by atoms with E-state index in [4.69, 9.17) is 4.74 Å². The Morgan fingerprint density at radius 2 is 1.85 bits per heavy atom. The number of nitrogens with one attached hydrogen (secondary N) is 1. The largest absolute Gasteiger partial charge is 0.358 e. The van der Waals surface area contributed by atoms with E-state index in [0.29, 0.717) is 31.7 Å². The summed E-state index contributed by atoms with van der Waals surface area (Å²) in [5.74, 6) is 0.784. The highest BCUT2D eigenvalue weighted by Gasteiger charge is 2.66.